The lowest BCUT2D eigenvalue weighted by molar-refractivity contribution is 0.0654. The number of nitrogen functional groups attached to an aromatic ring is 1. The molecule has 2 amide bonds. The van der Waals surface area contributed by atoms with E-state index in [0.29, 0.717) is 24.2 Å². The Morgan fingerprint density at radius 3 is 2.50 bits per heavy atom. The molecule has 0 saturated heterocycles. The molecule has 0 spiro atoms. The quantitative estimate of drug-likeness (QED) is 0.675. The Balaban J connectivity index is 1.75. The van der Waals surface area contributed by atoms with E-state index in [4.69, 9.17) is 5.73 Å². The Morgan fingerprint density at radius 2 is 1.80 bits per heavy atom. The van der Waals surface area contributed by atoms with Crippen molar-refractivity contribution in [2.24, 2.45) is 0 Å². The van der Waals surface area contributed by atoms with Crippen molar-refractivity contribution in [1.82, 2.24) is 9.88 Å². The molecule has 2 N–H and O–H groups in total. The van der Waals surface area contributed by atoms with Crippen LogP contribution in [0.25, 0.3) is 0 Å². The largest absolute Gasteiger partial charge is 0.399 e. The standard InChI is InChI=1S/C15H13N3O2/c16-11-5-3-10(4-6-11)7-9-18-14(19)12-2-1-8-17-13(12)15(18)20/h1-6,8H,7,9,16H2. The Bertz CT molecular complexity index is 645. The van der Waals surface area contributed by atoms with E-state index >= 15 is 0 Å². The lowest BCUT2D eigenvalue weighted by Gasteiger charge is -2.13. The Morgan fingerprint density at radius 1 is 1.05 bits per heavy atom. The van der Waals surface area contributed by atoms with Crippen molar-refractivity contribution in [3.8, 4) is 0 Å². The van der Waals surface area contributed by atoms with Crippen LogP contribution in [0.3, 0.4) is 0 Å². The van der Waals surface area contributed by atoms with E-state index in [2.05, 4.69) is 4.98 Å². The van der Waals surface area contributed by atoms with Crippen LogP contribution in [0.1, 0.15) is 26.4 Å². The summed E-state index contributed by atoms with van der Waals surface area (Å²) in [5.41, 5.74) is 7.97. The van der Waals surface area contributed by atoms with Crippen LogP contribution in [0.4, 0.5) is 5.69 Å². The van der Waals surface area contributed by atoms with E-state index in [9.17, 15) is 9.59 Å². The van der Waals surface area contributed by atoms with Gasteiger partial charge >= 0.3 is 0 Å². The Hall–Kier alpha value is -2.69. The maximum absolute atomic E-state index is 12.1. The molecule has 100 valence electrons. The van der Waals surface area contributed by atoms with Crippen LogP contribution < -0.4 is 5.73 Å². The zero-order valence-electron chi connectivity index (χ0n) is 10.7. The zero-order chi connectivity index (χ0) is 14.1. The van der Waals surface area contributed by atoms with Gasteiger partial charge in [-0.3, -0.25) is 19.5 Å². The monoisotopic (exact) mass is 267 g/mol. The van der Waals surface area contributed by atoms with E-state index in [1.165, 1.54) is 11.1 Å². The Kier molecular flexibility index (Phi) is 2.95. The van der Waals surface area contributed by atoms with Gasteiger partial charge in [0, 0.05) is 18.4 Å². The third-order valence-corrected chi connectivity index (χ3v) is 3.33. The molecule has 0 atom stereocenters. The maximum Gasteiger partial charge on any atom is 0.280 e. The van der Waals surface area contributed by atoms with Crippen molar-refractivity contribution in [2.75, 3.05) is 12.3 Å². The maximum atomic E-state index is 12.1. The lowest BCUT2D eigenvalue weighted by atomic mass is 10.1. The van der Waals surface area contributed by atoms with E-state index in [1.54, 1.807) is 24.3 Å². The Labute approximate surface area is 116 Å². The van der Waals surface area contributed by atoms with Crippen molar-refractivity contribution < 1.29 is 9.59 Å². The molecule has 1 aliphatic rings. The summed E-state index contributed by atoms with van der Waals surface area (Å²) in [5.74, 6) is -0.588. The van der Waals surface area contributed by atoms with Gasteiger partial charge in [-0.1, -0.05) is 12.1 Å². The first-order chi connectivity index (χ1) is 9.66. The van der Waals surface area contributed by atoms with Crippen molar-refractivity contribution >= 4 is 17.5 Å². The molecule has 0 radical (unpaired) electrons. The fourth-order valence-corrected chi connectivity index (χ4v) is 2.24. The number of pyridine rings is 1. The van der Waals surface area contributed by atoms with Gasteiger partial charge in [0.05, 0.1) is 5.56 Å². The summed E-state index contributed by atoms with van der Waals surface area (Å²) in [6.07, 6.45) is 2.12. The van der Waals surface area contributed by atoms with Crippen molar-refractivity contribution in [3.63, 3.8) is 0 Å². The summed E-state index contributed by atoms with van der Waals surface area (Å²) in [7, 11) is 0. The number of carbonyl (C=O) groups is 2. The molecule has 0 bridgehead atoms. The minimum absolute atomic E-state index is 0.245. The highest BCUT2D eigenvalue weighted by Crippen LogP contribution is 2.20. The highest BCUT2D eigenvalue weighted by atomic mass is 16.2. The van der Waals surface area contributed by atoms with Gasteiger partial charge < -0.3 is 5.73 Å². The van der Waals surface area contributed by atoms with Crippen LogP contribution in [0.15, 0.2) is 42.6 Å². The molecule has 5 nitrogen and oxygen atoms in total. The molecular weight excluding hydrogens is 254 g/mol. The SMILES string of the molecule is Nc1ccc(CCN2C(=O)c3cccnc3C2=O)cc1. The number of rotatable bonds is 3. The van der Waals surface area contributed by atoms with E-state index in [1.807, 2.05) is 12.1 Å². The minimum Gasteiger partial charge on any atom is -0.399 e. The number of hydrogen-bond donors (Lipinski definition) is 1. The number of aromatic nitrogens is 1. The summed E-state index contributed by atoms with van der Waals surface area (Å²) in [5, 5.41) is 0. The van der Waals surface area contributed by atoms with E-state index in [-0.39, 0.29) is 17.5 Å². The molecule has 3 rings (SSSR count). The molecule has 1 aromatic carbocycles. The average molecular weight is 267 g/mol. The van der Waals surface area contributed by atoms with Gasteiger partial charge in [0.15, 0.2) is 0 Å². The van der Waals surface area contributed by atoms with Crippen LogP contribution in [0.5, 0.6) is 0 Å². The molecule has 2 heterocycles. The first-order valence-corrected chi connectivity index (χ1v) is 6.32. The number of amides is 2. The van der Waals surface area contributed by atoms with Gasteiger partial charge in [-0.15, -0.1) is 0 Å². The number of anilines is 1. The second-order valence-electron chi connectivity index (χ2n) is 4.65. The second kappa shape index (κ2) is 4.77. The second-order valence-corrected chi connectivity index (χ2v) is 4.65. The molecule has 20 heavy (non-hydrogen) atoms. The van der Waals surface area contributed by atoms with Crippen LogP contribution in [-0.2, 0) is 6.42 Å². The third kappa shape index (κ3) is 2.03. The van der Waals surface area contributed by atoms with Gasteiger partial charge in [0.25, 0.3) is 11.8 Å². The number of nitrogens with two attached hydrogens (primary N) is 1. The van der Waals surface area contributed by atoms with E-state index < -0.39 is 0 Å². The summed E-state index contributed by atoms with van der Waals surface area (Å²) in [6, 6.07) is 10.7. The highest BCUT2D eigenvalue weighted by molar-refractivity contribution is 6.20. The predicted molar refractivity (Wildman–Crippen MR) is 74.2 cm³/mol. The summed E-state index contributed by atoms with van der Waals surface area (Å²) in [4.78, 5) is 29.5. The number of imide groups is 1. The van der Waals surface area contributed by atoms with Crippen molar-refractivity contribution in [2.45, 2.75) is 6.42 Å². The van der Waals surface area contributed by atoms with Crippen LogP contribution in [0.2, 0.25) is 0 Å². The topological polar surface area (TPSA) is 76.3 Å². The number of benzene rings is 1. The summed E-state index contributed by atoms with van der Waals surface area (Å²) >= 11 is 0. The number of nitrogens with zero attached hydrogens (tertiary/aromatic N) is 2. The number of carbonyl (C=O) groups excluding carboxylic acids is 2. The molecule has 0 aliphatic carbocycles. The van der Waals surface area contributed by atoms with Crippen molar-refractivity contribution in [3.05, 3.63) is 59.4 Å². The normalized spacial score (nSPS) is 13.7. The zero-order valence-corrected chi connectivity index (χ0v) is 10.7. The van der Waals surface area contributed by atoms with Crippen LogP contribution in [-0.4, -0.2) is 28.2 Å². The van der Waals surface area contributed by atoms with Gasteiger partial charge in [-0.2, -0.15) is 0 Å². The highest BCUT2D eigenvalue weighted by Gasteiger charge is 2.35. The average Bonchev–Trinajstić information content (AvgIpc) is 2.71. The molecule has 0 saturated carbocycles. The first kappa shape index (κ1) is 12.3. The molecule has 1 aromatic heterocycles. The molecule has 0 unspecified atom stereocenters. The van der Waals surface area contributed by atoms with Crippen LogP contribution in [0, 0.1) is 0 Å². The smallest absolute Gasteiger partial charge is 0.280 e. The first-order valence-electron chi connectivity index (χ1n) is 6.32. The predicted octanol–water partition coefficient (Wildman–Crippen LogP) is 1.50. The minimum atomic E-state index is -0.318. The summed E-state index contributed by atoms with van der Waals surface area (Å²) < 4.78 is 0. The van der Waals surface area contributed by atoms with Gasteiger partial charge in [0.2, 0.25) is 0 Å². The molecular formula is C15H13N3O2. The van der Waals surface area contributed by atoms with Gasteiger partial charge in [-0.05, 0) is 36.2 Å². The van der Waals surface area contributed by atoms with Gasteiger partial charge in [0.1, 0.15) is 5.69 Å². The molecule has 0 fully saturated rings. The number of hydrogen-bond acceptors (Lipinski definition) is 4. The van der Waals surface area contributed by atoms with E-state index in [0.717, 1.165) is 5.56 Å². The molecule has 1 aliphatic heterocycles. The molecule has 5 heteroatoms. The third-order valence-electron chi connectivity index (χ3n) is 3.33. The number of fused-ring (bicyclic) bond motifs is 1. The van der Waals surface area contributed by atoms with Gasteiger partial charge in [-0.25, -0.2) is 0 Å². The van der Waals surface area contributed by atoms with Crippen molar-refractivity contribution in [1.29, 1.82) is 0 Å². The fraction of sp³-hybridized carbons (Fsp3) is 0.133. The summed E-state index contributed by atoms with van der Waals surface area (Å²) in [6.45, 7) is 0.345. The van der Waals surface area contributed by atoms with Crippen LogP contribution >= 0.6 is 0 Å². The molecule has 2 aromatic rings. The lowest BCUT2D eigenvalue weighted by Crippen LogP contribution is -2.31. The fourth-order valence-electron chi connectivity index (χ4n) is 2.24.